The van der Waals surface area contributed by atoms with Crippen molar-refractivity contribution in [3.8, 4) is 6.07 Å². The second kappa shape index (κ2) is 6.01. The van der Waals surface area contributed by atoms with E-state index in [0.29, 0.717) is 10.6 Å². The lowest BCUT2D eigenvalue weighted by atomic mass is 10.1. The molecule has 0 bridgehead atoms. The molecule has 2 nitrogen and oxygen atoms in total. The Kier molecular flexibility index (Phi) is 4.36. The maximum Gasteiger partial charge on any atom is 0.103 e. The number of halogens is 1. The zero-order valence-electron chi connectivity index (χ0n) is 10.7. The van der Waals surface area contributed by atoms with Crippen LogP contribution in [0.5, 0.6) is 0 Å². The number of anilines is 2. The lowest BCUT2D eigenvalue weighted by molar-refractivity contribution is 1.35. The Bertz CT molecular complexity index is 647. The van der Waals surface area contributed by atoms with Gasteiger partial charge >= 0.3 is 0 Å². The monoisotopic (exact) mass is 288 g/mol. The van der Waals surface area contributed by atoms with Gasteiger partial charge in [-0.25, -0.2) is 0 Å². The largest absolute Gasteiger partial charge is 0.353 e. The van der Waals surface area contributed by atoms with Crippen LogP contribution in [0.3, 0.4) is 0 Å². The van der Waals surface area contributed by atoms with Crippen molar-refractivity contribution < 1.29 is 0 Å². The molecular formula is C15H13ClN2S. The molecule has 96 valence electrons. The fraction of sp³-hybridized carbons (Fsp3) is 0.133. The average Bonchev–Trinajstić information content (AvgIpc) is 2.42. The molecule has 0 aliphatic carbocycles. The molecule has 0 heterocycles. The number of benzene rings is 2. The fourth-order valence-electron chi connectivity index (χ4n) is 1.80. The number of hydrogen-bond acceptors (Lipinski definition) is 3. The summed E-state index contributed by atoms with van der Waals surface area (Å²) in [6, 6.07) is 13.8. The zero-order valence-corrected chi connectivity index (χ0v) is 12.3. The van der Waals surface area contributed by atoms with E-state index < -0.39 is 0 Å². The average molecular weight is 289 g/mol. The summed E-state index contributed by atoms with van der Waals surface area (Å²) >= 11 is 7.72. The maximum atomic E-state index is 9.30. The number of nitrogens with one attached hydrogen (secondary N) is 1. The molecule has 19 heavy (non-hydrogen) atoms. The highest BCUT2D eigenvalue weighted by molar-refractivity contribution is 7.98. The topological polar surface area (TPSA) is 35.8 Å². The molecule has 4 heteroatoms. The van der Waals surface area contributed by atoms with Crippen LogP contribution in [0.4, 0.5) is 11.4 Å². The first-order valence-electron chi connectivity index (χ1n) is 5.76. The highest BCUT2D eigenvalue weighted by Gasteiger charge is 2.09. The lowest BCUT2D eigenvalue weighted by Gasteiger charge is -2.12. The van der Waals surface area contributed by atoms with Gasteiger partial charge in [0.1, 0.15) is 6.07 Å². The third-order valence-corrected chi connectivity index (χ3v) is 3.86. The van der Waals surface area contributed by atoms with Crippen LogP contribution < -0.4 is 5.32 Å². The van der Waals surface area contributed by atoms with E-state index in [9.17, 15) is 5.26 Å². The molecule has 0 fully saturated rings. The Labute approximate surface area is 122 Å². The van der Waals surface area contributed by atoms with Gasteiger partial charge < -0.3 is 5.32 Å². The van der Waals surface area contributed by atoms with Crippen molar-refractivity contribution in [3.05, 3.63) is 52.5 Å². The number of aryl methyl sites for hydroxylation is 1. The predicted molar refractivity (Wildman–Crippen MR) is 82.4 cm³/mol. The summed E-state index contributed by atoms with van der Waals surface area (Å²) in [5, 5.41) is 13.2. The number of nitriles is 1. The van der Waals surface area contributed by atoms with Crippen molar-refractivity contribution in [2.45, 2.75) is 11.8 Å². The number of hydrogen-bond donors (Lipinski definition) is 1. The lowest BCUT2D eigenvalue weighted by Crippen LogP contribution is -1.96. The van der Waals surface area contributed by atoms with Crippen LogP contribution in [0.25, 0.3) is 0 Å². The smallest absolute Gasteiger partial charge is 0.103 e. The molecule has 0 atom stereocenters. The number of nitrogens with zero attached hydrogens (tertiary/aromatic N) is 1. The van der Waals surface area contributed by atoms with Crippen molar-refractivity contribution in [1.82, 2.24) is 0 Å². The quantitative estimate of drug-likeness (QED) is 0.809. The summed E-state index contributed by atoms with van der Waals surface area (Å²) in [4.78, 5) is 0.955. The number of thioether (sulfide) groups is 1. The minimum atomic E-state index is 0.643. The van der Waals surface area contributed by atoms with Crippen molar-refractivity contribution in [2.24, 2.45) is 0 Å². The van der Waals surface area contributed by atoms with Crippen LogP contribution in [0.15, 0.2) is 41.3 Å². The molecule has 0 amide bonds. The molecular weight excluding hydrogens is 276 g/mol. The third-order valence-electron chi connectivity index (χ3n) is 2.75. The van der Waals surface area contributed by atoms with Crippen LogP contribution in [-0.4, -0.2) is 6.26 Å². The van der Waals surface area contributed by atoms with Gasteiger partial charge in [-0.2, -0.15) is 5.26 Å². The predicted octanol–water partition coefficient (Wildman–Crippen LogP) is 4.99. The summed E-state index contributed by atoms with van der Waals surface area (Å²) in [6.45, 7) is 2.00. The summed E-state index contributed by atoms with van der Waals surface area (Å²) in [5.74, 6) is 0. The molecule has 2 rings (SSSR count). The first-order chi connectivity index (χ1) is 9.15. The summed E-state index contributed by atoms with van der Waals surface area (Å²) < 4.78 is 0. The first kappa shape index (κ1) is 13.8. The van der Waals surface area contributed by atoms with Gasteiger partial charge in [-0.3, -0.25) is 0 Å². The van der Waals surface area contributed by atoms with Gasteiger partial charge in [-0.1, -0.05) is 23.7 Å². The second-order valence-corrected chi connectivity index (χ2v) is 5.36. The van der Waals surface area contributed by atoms with Gasteiger partial charge in [0.15, 0.2) is 0 Å². The van der Waals surface area contributed by atoms with E-state index in [1.807, 2.05) is 49.6 Å². The molecule has 0 aliphatic rings. The van der Waals surface area contributed by atoms with Gasteiger partial charge in [-0.15, -0.1) is 11.8 Å². The van der Waals surface area contributed by atoms with Crippen LogP contribution in [-0.2, 0) is 0 Å². The molecule has 0 aliphatic heterocycles. The normalized spacial score (nSPS) is 10.0. The summed E-state index contributed by atoms with van der Waals surface area (Å²) in [7, 11) is 0. The molecule has 0 saturated heterocycles. The first-order valence-corrected chi connectivity index (χ1v) is 7.36. The molecule has 0 saturated carbocycles. The standard InChI is InChI=1S/C15H13ClN2S/c1-10-6-7-12(16)14(8-10)18-13-4-3-5-15(19-2)11(13)9-17/h3-8,18H,1-2H3. The second-order valence-electron chi connectivity index (χ2n) is 4.10. The molecule has 0 spiro atoms. The van der Waals surface area contributed by atoms with Crippen molar-refractivity contribution in [1.29, 1.82) is 5.26 Å². The van der Waals surface area contributed by atoms with E-state index in [4.69, 9.17) is 11.6 Å². The minimum absolute atomic E-state index is 0.643. The highest BCUT2D eigenvalue weighted by atomic mass is 35.5. The van der Waals surface area contributed by atoms with E-state index in [0.717, 1.165) is 21.8 Å². The summed E-state index contributed by atoms with van der Waals surface area (Å²) in [5.41, 5.74) is 3.36. The Morgan fingerprint density at radius 1 is 1.21 bits per heavy atom. The molecule has 2 aromatic carbocycles. The van der Waals surface area contributed by atoms with Crippen LogP contribution >= 0.6 is 23.4 Å². The summed E-state index contributed by atoms with van der Waals surface area (Å²) in [6.07, 6.45) is 1.96. The van der Waals surface area contributed by atoms with Gasteiger partial charge in [-0.05, 0) is 43.0 Å². The van der Waals surface area contributed by atoms with Crippen LogP contribution in [0.2, 0.25) is 5.02 Å². The van der Waals surface area contributed by atoms with Gasteiger partial charge in [0.05, 0.1) is 22.0 Å². The zero-order chi connectivity index (χ0) is 13.8. The van der Waals surface area contributed by atoms with E-state index >= 15 is 0 Å². The van der Waals surface area contributed by atoms with E-state index in [1.54, 1.807) is 11.8 Å². The van der Waals surface area contributed by atoms with E-state index in [1.165, 1.54) is 0 Å². The molecule has 2 aromatic rings. The van der Waals surface area contributed by atoms with Crippen LogP contribution in [0, 0.1) is 18.3 Å². The van der Waals surface area contributed by atoms with Gasteiger partial charge in [0.25, 0.3) is 0 Å². The van der Waals surface area contributed by atoms with Crippen LogP contribution in [0.1, 0.15) is 11.1 Å². The van der Waals surface area contributed by atoms with Crippen molar-refractivity contribution in [3.63, 3.8) is 0 Å². The van der Waals surface area contributed by atoms with E-state index in [2.05, 4.69) is 11.4 Å². The Morgan fingerprint density at radius 2 is 2.00 bits per heavy atom. The molecule has 0 radical (unpaired) electrons. The Balaban J connectivity index is 2.44. The number of rotatable bonds is 3. The van der Waals surface area contributed by atoms with Gasteiger partial charge in [0, 0.05) is 4.90 Å². The molecule has 0 unspecified atom stereocenters. The Hall–Kier alpha value is -1.63. The third kappa shape index (κ3) is 3.04. The fourth-order valence-corrected chi connectivity index (χ4v) is 2.54. The SMILES string of the molecule is CSc1cccc(Nc2cc(C)ccc2Cl)c1C#N. The maximum absolute atomic E-state index is 9.30. The molecule has 1 N–H and O–H groups in total. The van der Waals surface area contributed by atoms with E-state index in [-0.39, 0.29) is 0 Å². The minimum Gasteiger partial charge on any atom is -0.353 e. The van der Waals surface area contributed by atoms with Gasteiger partial charge in [0.2, 0.25) is 0 Å². The highest BCUT2D eigenvalue weighted by Crippen LogP contribution is 2.31. The Morgan fingerprint density at radius 3 is 2.68 bits per heavy atom. The molecule has 0 aromatic heterocycles. The van der Waals surface area contributed by atoms with Crippen molar-refractivity contribution in [2.75, 3.05) is 11.6 Å². The van der Waals surface area contributed by atoms with Crippen molar-refractivity contribution >= 4 is 34.7 Å².